The lowest BCUT2D eigenvalue weighted by Gasteiger charge is -2.06. The molecule has 0 saturated heterocycles. The number of aromatic nitrogens is 5. The normalized spacial score (nSPS) is 11.1. The number of fused-ring (bicyclic) bond motifs is 1. The van der Waals surface area contributed by atoms with Gasteiger partial charge in [-0.2, -0.15) is 0 Å². The van der Waals surface area contributed by atoms with E-state index in [1.165, 1.54) is 28.7 Å². The van der Waals surface area contributed by atoms with Crippen LogP contribution in [0.1, 0.15) is 0 Å². The molecule has 0 amide bonds. The second kappa shape index (κ2) is 4.05. The van der Waals surface area contributed by atoms with Crippen LogP contribution < -0.4 is 17.0 Å². The monoisotopic (exact) mass is 272 g/mol. The van der Waals surface area contributed by atoms with E-state index >= 15 is 0 Å². The maximum Gasteiger partial charge on any atom is 0.332 e. The number of imidazole rings is 1. The van der Waals surface area contributed by atoms with Gasteiger partial charge >= 0.3 is 5.69 Å². The summed E-state index contributed by atoms with van der Waals surface area (Å²) in [5, 5.41) is 0. The lowest BCUT2D eigenvalue weighted by molar-refractivity contribution is 0.707. The van der Waals surface area contributed by atoms with Gasteiger partial charge in [-0.15, -0.1) is 0 Å². The van der Waals surface area contributed by atoms with Gasteiger partial charge in [0.25, 0.3) is 5.56 Å². The Labute approximate surface area is 112 Å². The van der Waals surface area contributed by atoms with Crippen molar-refractivity contribution in [3.05, 3.63) is 45.5 Å². The molecule has 8 nitrogen and oxygen atoms in total. The number of nitrogens with two attached hydrogens (primary N) is 1. The molecule has 3 aromatic heterocycles. The zero-order valence-electron chi connectivity index (χ0n) is 10.9. The lowest BCUT2D eigenvalue weighted by Crippen LogP contribution is -2.37. The van der Waals surface area contributed by atoms with Crippen LogP contribution in [0, 0.1) is 0 Å². The number of hydrogen-bond acceptors (Lipinski definition) is 5. The van der Waals surface area contributed by atoms with Crippen molar-refractivity contribution in [1.29, 1.82) is 0 Å². The first-order valence-electron chi connectivity index (χ1n) is 5.85. The minimum Gasteiger partial charge on any atom is -0.397 e. The van der Waals surface area contributed by atoms with Gasteiger partial charge in [-0.05, 0) is 12.1 Å². The van der Waals surface area contributed by atoms with Crippen LogP contribution in [0.25, 0.3) is 17.0 Å². The van der Waals surface area contributed by atoms with Crippen LogP contribution in [0.4, 0.5) is 5.69 Å². The Morgan fingerprint density at radius 2 is 1.85 bits per heavy atom. The van der Waals surface area contributed by atoms with E-state index in [1.54, 1.807) is 19.2 Å². The van der Waals surface area contributed by atoms with E-state index in [0.29, 0.717) is 22.7 Å². The molecule has 0 atom stereocenters. The van der Waals surface area contributed by atoms with Crippen LogP contribution in [0.15, 0.2) is 34.2 Å². The molecule has 3 rings (SSSR count). The van der Waals surface area contributed by atoms with E-state index in [4.69, 9.17) is 5.73 Å². The van der Waals surface area contributed by atoms with Crippen LogP contribution in [0.2, 0.25) is 0 Å². The molecule has 102 valence electrons. The maximum absolute atomic E-state index is 12.3. The van der Waals surface area contributed by atoms with Crippen LogP contribution in [0.5, 0.6) is 0 Å². The van der Waals surface area contributed by atoms with E-state index in [-0.39, 0.29) is 0 Å². The quantitative estimate of drug-likeness (QED) is 0.637. The highest BCUT2D eigenvalue weighted by Crippen LogP contribution is 2.12. The highest BCUT2D eigenvalue weighted by atomic mass is 16.2. The number of nitrogens with zero attached hydrogens (tertiary/aromatic N) is 5. The molecular formula is C12H12N6O2. The van der Waals surface area contributed by atoms with Gasteiger partial charge in [-0.1, -0.05) is 0 Å². The number of pyridine rings is 1. The smallest absolute Gasteiger partial charge is 0.332 e. The van der Waals surface area contributed by atoms with Crippen LogP contribution >= 0.6 is 0 Å². The summed E-state index contributed by atoms with van der Waals surface area (Å²) in [7, 11) is 3.00. The van der Waals surface area contributed by atoms with Gasteiger partial charge < -0.3 is 5.73 Å². The van der Waals surface area contributed by atoms with Crippen LogP contribution in [-0.2, 0) is 14.1 Å². The standard InChI is InChI=1S/C12H12N6O2/c1-16-10-9(11(19)17(2)12(16)20)18(6-15-10)8-4-3-7(13)5-14-8/h3-6H,13H2,1-2H3. The molecule has 3 heterocycles. The molecule has 0 unspecified atom stereocenters. The summed E-state index contributed by atoms with van der Waals surface area (Å²) in [5.74, 6) is 0.512. The fraction of sp³-hybridized carbons (Fsp3) is 0.167. The average Bonchev–Trinajstić information content (AvgIpc) is 2.88. The number of aryl methyl sites for hydroxylation is 1. The van der Waals surface area contributed by atoms with Gasteiger partial charge in [0.05, 0.1) is 11.9 Å². The van der Waals surface area contributed by atoms with Crippen molar-refractivity contribution in [2.45, 2.75) is 0 Å². The number of anilines is 1. The van der Waals surface area contributed by atoms with Gasteiger partial charge in [0, 0.05) is 14.1 Å². The second-order valence-electron chi connectivity index (χ2n) is 4.44. The first kappa shape index (κ1) is 12.2. The Bertz CT molecular complexity index is 916. The van der Waals surface area contributed by atoms with E-state index in [2.05, 4.69) is 9.97 Å². The summed E-state index contributed by atoms with van der Waals surface area (Å²) in [5.41, 5.74) is 5.90. The zero-order chi connectivity index (χ0) is 14.4. The Kier molecular flexibility index (Phi) is 2.46. The van der Waals surface area contributed by atoms with Crippen molar-refractivity contribution in [1.82, 2.24) is 23.7 Å². The van der Waals surface area contributed by atoms with Crippen molar-refractivity contribution in [2.24, 2.45) is 14.1 Å². The third-order valence-corrected chi connectivity index (χ3v) is 3.16. The van der Waals surface area contributed by atoms with Crippen molar-refractivity contribution in [3.8, 4) is 5.82 Å². The largest absolute Gasteiger partial charge is 0.397 e. The molecule has 0 spiro atoms. The molecule has 8 heteroatoms. The number of nitrogen functional groups attached to an aromatic ring is 1. The first-order chi connectivity index (χ1) is 9.50. The van der Waals surface area contributed by atoms with Crippen molar-refractivity contribution < 1.29 is 0 Å². The fourth-order valence-corrected chi connectivity index (χ4v) is 2.06. The van der Waals surface area contributed by atoms with Gasteiger partial charge in [0.15, 0.2) is 11.2 Å². The van der Waals surface area contributed by atoms with Crippen molar-refractivity contribution >= 4 is 16.9 Å². The van der Waals surface area contributed by atoms with Crippen LogP contribution in [0.3, 0.4) is 0 Å². The molecule has 0 aliphatic rings. The summed E-state index contributed by atoms with van der Waals surface area (Å²) in [6, 6.07) is 3.36. The summed E-state index contributed by atoms with van der Waals surface area (Å²) in [6.07, 6.45) is 2.96. The first-order valence-corrected chi connectivity index (χ1v) is 5.85. The molecule has 0 fully saturated rings. The molecule has 0 aliphatic carbocycles. The molecule has 0 aliphatic heterocycles. The minimum absolute atomic E-state index is 0.298. The Balaban J connectivity index is 2.43. The predicted octanol–water partition coefficient (Wildman–Crippen LogP) is -0.600. The van der Waals surface area contributed by atoms with Gasteiger partial charge in [0.2, 0.25) is 0 Å². The van der Waals surface area contributed by atoms with Gasteiger partial charge in [-0.3, -0.25) is 18.5 Å². The van der Waals surface area contributed by atoms with Gasteiger partial charge in [0.1, 0.15) is 12.1 Å². The average molecular weight is 272 g/mol. The predicted molar refractivity (Wildman–Crippen MR) is 73.8 cm³/mol. The van der Waals surface area contributed by atoms with Crippen molar-refractivity contribution in [2.75, 3.05) is 5.73 Å². The topological polar surface area (TPSA) is 101 Å². The molecule has 0 aromatic carbocycles. The number of rotatable bonds is 1. The molecule has 3 aromatic rings. The SMILES string of the molecule is Cn1c(=O)c2c(ncn2-c2ccc(N)cn2)n(C)c1=O. The highest BCUT2D eigenvalue weighted by Gasteiger charge is 2.15. The molecule has 2 N–H and O–H groups in total. The van der Waals surface area contributed by atoms with Crippen molar-refractivity contribution in [3.63, 3.8) is 0 Å². The lowest BCUT2D eigenvalue weighted by atomic mass is 10.4. The summed E-state index contributed by atoms with van der Waals surface area (Å²) in [4.78, 5) is 32.4. The molecule has 0 bridgehead atoms. The summed E-state index contributed by atoms with van der Waals surface area (Å²) in [6.45, 7) is 0. The summed E-state index contributed by atoms with van der Waals surface area (Å²) >= 11 is 0. The van der Waals surface area contributed by atoms with E-state index in [9.17, 15) is 9.59 Å². The zero-order valence-corrected chi connectivity index (χ0v) is 10.9. The van der Waals surface area contributed by atoms with E-state index in [0.717, 1.165) is 4.57 Å². The van der Waals surface area contributed by atoms with Crippen LogP contribution in [-0.4, -0.2) is 23.7 Å². The van der Waals surface area contributed by atoms with E-state index in [1.807, 2.05) is 0 Å². The second-order valence-corrected chi connectivity index (χ2v) is 4.44. The highest BCUT2D eigenvalue weighted by molar-refractivity contribution is 5.72. The Morgan fingerprint density at radius 3 is 2.50 bits per heavy atom. The number of hydrogen-bond donors (Lipinski definition) is 1. The molecule has 0 saturated carbocycles. The Hall–Kier alpha value is -2.90. The molecule has 0 radical (unpaired) electrons. The molecular weight excluding hydrogens is 260 g/mol. The summed E-state index contributed by atoms with van der Waals surface area (Å²) < 4.78 is 3.90. The van der Waals surface area contributed by atoms with Gasteiger partial charge in [-0.25, -0.2) is 14.8 Å². The third-order valence-electron chi connectivity index (χ3n) is 3.16. The minimum atomic E-state index is -0.419. The molecule has 20 heavy (non-hydrogen) atoms. The fourth-order valence-electron chi connectivity index (χ4n) is 2.06. The van der Waals surface area contributed by atoms with E-state index < -0.39 is 11.2 Å². The third kappa shape index (κ3) is 1.54. The maximum atomic E-state index is 12.3. The Morgan fingerprint density at radius 1 is 1.10 bits per heavy atom.